The van der Waals surface area contributed by atoms with Crippen LogP contribution in [0.5, 0.6) is 0 Å². The van der Waals surface area contributed by atoms with Gasteiger partial charge >= 0.3 is 0 Å². The second-order valence-corrected chi connectivity index (χ2v) is 5.10. The van der Waals surface area contributed by atoms with Crippen LogP contribution in [0.25, 0.3) is 11.1 Å². The van der Waals surface area contributed by atoms with Crippen LogP contribution in [0.15, 0.2) is 42.5 Å². The standard InChI is InChI=1S/C17H15FO/c18-16-8-9-17(15(10-16)11-19)14-6-4-13(5-7-14)12-2-1-3-12/h4-12H,1-3H2. The molecule has 0 amide bonds. The van der Waals surface area contributed by atoms with Gasteiger partial charge in [-0.25, -0.2) is 4.39 Å². The number of hydrogen-bond donors (Lipinski definition) is 0. The maximum Gasteiger partial charge on any atom is 0.150 e. The van der Waals surface area contributed by atoms with E-state index in [1.807, 2.05) is 12.1 Å². The van der Waals surface area contributed by atoms with Crippen LogP contribution in [0.4, 0.5) is 4.39 Å². The minimum absolute atomic E-state index is 0.378. The van der Waals surface area contributed by atoms with Crippen LogP contribution < -0.4 is 0 Å². The van der Waals surface area contributed by atoms with Crippen molar-refractivity contribution in [2.75, 3.05) is 0 Å². The molecule has 3 rings (SSSR count). The Labute approximate surface area is 112 Å². The third kappa shape index (κ3) is 2.30. The molecule has 0 aromatic heterocycles. The average Bonchev–Trinajstić information content (AvgIpc) is 2.38. The Morgan fingerprint density at radius 3 is 2.37 bits per heavy atom. The zero-order valence-electron chi connectivity index (χ0n) is 10.6. The summed E-state index contributed by atoms with van der Waals surface area (Å²) in [6, 6.07) is 12.6. The van der Waals surface area contributed by atoms with Crippen molar-refractivity contribution >= 4 is 6.29 Å². The minimum Gasteiger partial charge on any atom is -0.298 e. The average molecular weight is 254 g/mol. The second-order valence-electron chi connectivity index (χ2n) is 5.10. The van der Waals surface area contributed by atoms with E-state index in [0.29, 0.717) is 17.8 Å². The molecule has 0 saturated heterocycles. The topological polar surface area (TPSA) is 17.1 Å². The third-order valence-corrected chi connectivity index (χ3v) is 3.94. The zero-order valence-corrected chi connectivity index (χ0v) is 10.6. The summed E-state index contributed by atoms with van der Waals surface area (Å²) in [4.78, 5) is 11.0. The van der Waals surface area contributed by atoms with Crippen LogP contribution in [0.1, 0.15) is 41.1 Å². The van der Waals surface area contributed by atoms with Gasteiger partial charge in [-0.2, -0.15) is 0 Å². The van der Waals surface area contributed by atoms with Crippen molar-refractivity contribution in [3.05, 3.63) is 59.4 Å². The minimum atomic E-state index is -0.378. The predicted molar refractivity (Wildman–Crippen MR) is 73.8 cm³/mol. The van der Waals surface area contributed by atoms with Crippen LogP contribution in [0.3, 0.4) is 0 Å². The van der Waals surface area contributed by atoms with E-state index in [2.05, 4.69) is 12.1 Å². The van der Waals surface area contributed by atoms with E-state index < -0.39 is 0 Å². The van der Waals surface area contributed by atoms with Crippen LogP contribution in [-0.4, -0.2) is 6.29 Å². The molecule has 1 aliphatic carbocycles. The monoisotopic (exact) mass is 254 g/mol. The van der Waals surface area contributed by atoms with Crippen molar-refractivity contribution in [1.29, 1.82) is 0 Å². The lowest BCUT2D eigenvalue weighted by Gasteiger charge is -2.25. The molecule has 0 atom stereocenters. The fraction of sp³-hybridized carbons (Fsp3) is 0.235. The van der Waals surface area contributed by atoms with E-state index >= 15 is 0 Å². The molecule has 1 nitrogen and oxygen atoms in total. The van der Waals surface area contributed by atoms with Crippen LogP contribution in [-0.2, 0) is 0 Å². The van der Waals surface area contributed by atoms with E-state index in [0.717, 1.165) is 11.1 Å². The summed E-state index contributed by atoms with van der Waals surface area (Å²) in [5.41, 5.74) is 3.52. The molecule has 2 aromatic rings. The highest BCUT2D eigenvalue weighted by Gasteiger charge is 2.19. The number of rotatable bonds is 3. The molecule has 0 heterocycles. The van der Waals surface area contributed by atoms with Gasteiger partial charge in [0.1, 0.15) is 5.82 Å². The van der Waals surface area contributed by atoms with Crippen molar-refractivity contribution in [2.24, 2.45) is 0 Å². The Bertz CT molecular complexity index is 597. The van der Waals surface area contributed by atoms with Crippen LogP contribution >= 0.6 is 0 Å². The molecule has 1 saturated carbocycles. The van der Waals surface area contributed by atoms with Crippen molar-refractivity contribution in [3.63, 3.8) is 0 Å². The maximum atomic E-state index is 13.1. The van der Waals surface area contributed by atoms with Crippen molar-refractivity contribution in [2.45, 2.75) is 25.2 Å². The van der Waals surface area contributed by atoms with Crippen LogP contribution in [0, 0.1) is 5.82 Å². The molecule has 0 radical (unpaired) electrons. The smallest absolute Gasteiger partial charge is 0.150 e. The molecule has 0 spiro atoms. The van der Waals surface area contributed by atoms with Gasteiger partial charge in [0.05, 0.1) is 0 Å². The Hall–Kier alpha value is -1.96. The first-order valence-electron chi connectivity index (χ1n) is 6.63. The Kier molecular flexibility index (Phi) is 3.16. The van der Waals surface area contributed by atoms with E-state index in [9.17, 15) is 9.18 Å². The molecule has 96 valence electrons. The first-order valence-corrected chi connectivity index (χ1v) is 6.63. The summed E-state index contributed by atoms with van der Waals surface area (Å²) in [7, 11) is 0. The van der Waals surface area contributed by atoms with Crippen LogP contribution in [0.2, 0.25) is 0 Å². The molecule has 0 aliphatic heterocycles. The molecule has 2 heteroatoms. The number of aldehydes is 1. The summed E-state index contributed by atoms with van der Waals surface area (Å²) in [6.45, 7) is 0. The van der Waals surface area contributed by atoms with Gasteiger partial charge in [0.15, 0.2) is 6.29 Å². The highest BCUT2D eigenvalue weighted by atomic mass is 19.1. The Morgan fingerprint density at radius 1 is 1.05 bits per heavy atom. The van der Waals surface area contributed by atoms with Gasteiger partial charge in [-0.05, 0) is 47.6 Å². The molecular weight excluding hydrogens is 239 g/mol. The normalized spacial score (nSPS) is 15.0. The van der Waals surface area contributed by atoms with E-state index in [1.165, 1.54) is 37.0 Å². The predicted octanol–water partition coefficient (Wildman–Crippen LogP) is 4.57. The molecule has 1 fully saturated rings. The van der Waals surface area contributed by atoms with Gasteiger partial charge in [0, 0.05) is 5.56 Å². The Balaban J connectivity index is 1.95. The van der Waals surface area contributed by atoms with Gasteiger partial charge in [0.25, 0.3) is 0 Å². The number of carbonyl (C=O) groups is 1. The van der Waals surface area contributed by atoms with E-state index in [1.54, 1.807) is 6.07 Å². The lowest BCUT2D eigenvalue weighted by molar-refractivity contribution is 0.112. The van der Waals surface area contributed by atoms with E-state index in [4.69, 9.17) is 0 Å². The molecule has 0 bridgehead atoms. The molecule has 0 N–H and O–H groups in total. The summed E-state index contributed by atoms with van der Waals surface area (Å²) >= 11 is 0. The van der Waals surface area contributed by atoms with Gasteiger partial charge in [-0.1, -0.05) is 36.8 Å². The molecule has 19 heavy (non-hydrogen) atoms. The molecule has 0 unspecified atom stereocenters. The molecule has 2 aromatic carbocycles. The number of carbonyl (C=O) groups excluding carboxylic acids is 1. The first-order chi connectivity index (χ1) is 9.28. The fourth-order valence-corrected chi connectivity index (χ4v) is 2.57. The Morgan fingerprint density at radius 2 is 1.79 bits per heavy atom. The number of benzene rings is 2. The third-order valence-electron chi connectivity index (χ3n) is 3.94. The lowest BCUT2D eigenvalue weighted by atomic mass is 9.80. The van der Waals surface area contributed by atoms with Gasteiger partial charge in [0.2, 0.25) is 0 Å². The molecular formula is C17H15FO. The summed E-state index contributed by atoms with van der Waals surface area (Å²) < 4.78 is 13.1. The lowest BCUT2D eigenvalue weighted by Crippen LogP contribution is -2.08. The zero-order chi connectivity index (χ0) is 13.2. The fourth-order valence-electron chi connectivity index (χ4n) is 2.57. The SMILES string of the molecule is O=Cc1cc(F)ccc1-c1ccc(C2CCC2)cc1. The van der Waals surface area contributed by atoms with Crippen molar-refractivity contribution in [3.8, 4) is 11.1 Å². The quantitative estimate of drug-likeness (QED) is 0.733. The van der Waals surface area contributed by atoms with Crippen molar-refractivity contribution in [1.82, 2.24) is 0 Å². The van der Waals surface area contributed by atoms with E-state index in [-0.39, 0.29) is 5.82 Å². The molecule has 1 aliphatic rings. The first kappa shape index (κ1) is 12.1. The second kappa shape index (κ2) is 4.96. The highest BCUT2D eigenvalue weighted by Crippen LogP contribution is 2.37. The van der Waals surface area contributed by atoms with Gasteiger partial charge < -0.3 is 0 Å². The van der Waals surface area contributed by atoms with Gasteiger partial charge in [-0.15, -0.1) is 0 Å². The van der Waals surface area contributed by atoms with Gasteiger partial charge in [-0.3, -0.25) is 4.79 Å². The van der Waals surface area contributed by atoms with Crippen molar-refractivity contribution < 1.29 is 9.18 Å². The number of halogens is 1. The summed E-state index contributed by atoms with van der Waals surface area (Å²) in [6.07, 6.45) is 4.57. The summed E-state index contributed by atoms with van der Waals surface area (Å²) in [5, 5.41) is 0. The maximum absolute atomic E-state index is 13.1. The number of hydrogen-bond acceptors (Lipinski definition) is 1. The summed E-state index contributed by atoms with van der Waals surface area (Å²) in [5.74, 6) is 0.324. The highest BCUT2D eigenvalue weighted by molar-refractivity contribution is 5.87. The largest absolute Gasteiger partial charge is 0.298 e.